The van der Waals surface area contributed by atoms with Gasteiger partial charge in [-0.1, -0.05) is 12.1 Å². The largest absolute Gasteiger partial charge is 0.457 e. The van der Waals surface area contributed by atoms with E-state index >= 15 is 0 Å². The Morgan fingerprint density at radius 3 is 2.43 bits per heavy atom. The molecule has 0 saturated carbocycles. The zero-order valence-corrected chi connectivity index (χ0v) is 12.0. The summed E-state index contributed by atoms with van der Waals surface area (Å²) in [5.41, 5.74) is 1.51. The standard InChI is InChI=1S/C19H11F2NO/c20-16-6-4-13(5-7-16)19-9-8-18(23-19)11-15(12-22)14-2-1-3-17(21)10-14/h1-11H/b15-11-. The Bertz CT molecular complexity index is 902. The summed E-state index contributed by atoms with van der Waals surface area (Å²) in [4.78, 5) is 0. The second kappa shape index (κ2) is 6.29. The van der Waals surface area contributed by atoms with Gasteiger partial charge in [-0.3, -0.25) is 0 Å². The summed E-state index contributed by atoms with van der Waals surface area (Å²) in [7, 11) is 0. The molecule has 0 N–H and O–H groups in total. The summed E-state index contributed by atoms with van der Waals surface area (Å²) in [5, 5.41) is 9.26. The molecule has 4 heteroatoms. The van der Waals surface area contributed by atoms with Gasteiger partial charge < -0.3 is 4.42 Å². The van der Waals surface area contributed by atoms with Crippen LogP contribution in [-0.4, -0.2) is 0 Å². The van der Waals surface area contributed by atoms with Crippen LogP contribution in [-0.2, 0) is 0 Å². The van der Waals surface area contributed by atoms with Crippen LogP contribution >= 0.6 is 0 Å². The molecule has 1 aromatic heterocycles. The van der Waals surface area contributed by atoms with Gasteiger partial charge in [0.25, 0.3) is 0 Å². The summed E-state index contributed by atoms with van der Waals surface area (Å²) >= 11 is 0. The molecule has 3 rings (SSSR count). The maximum absolute atomic E-state index is 13.3. The van der Waals surface area contributed by atoms with Crippen molar-refractivity contribution < 1.29 is 13.2 Å². The lowest BCUT2D eigenvalue weighted by atomic mass is 10.1. The first-order valence-electron chi connectivity index (χ1n) is 6.89. The molecule has 3 aromatic rings. The van der Waals surface area contributed by atoms with Crippen molar-refractivity contribution in [1.29, 1.82) is 5.26 Å². The minimum atomic E-state index is -0.407. The van der Waals surface area contributed by atoms with Gasteiger partial charge in [0.2, 0.25) is 0 Å². The van der Waals surface area contributed by atoms with Crippen LogP contribution in [0.3, 0.4) is 0 Å². The van der Waals surface area contributed by atoms with E-state index in [1.165, 1.54) is 24.3 Å². The van der Waals surface area contributed by atoms with E-state index in [2.05, 4.69) is 0 Å². The fourth-order valence-electron chi connectivity index (χ4n) is 2.18. The first-order valence-corrected chi connectivity index (χ1v) is 6.89. The number of allylic oxidation sites excluding steroid dienone is 1. The molecule has 23 heavy (non-hydrogen) atoms. The van der Waals surface area contributed by atoms with Gasteiger partial charge in [-0.15, -0.1) is 0 Å². The molecule has 0 fully saturated rings. The fourth-order valence-corrected chi connectivity index (χ4v) is 2.18. The van der Waals surface area contributed by atoms with E-state index in [0.717, 1.165) is 5.56 Å². The number of nitrogens with zero attached hydrogens (tertiary/aromatic N) is 1. The molecule has 0 aliphatic heterocycles. The predicted molar refractivity (Wildman–Crippen MR) is 84.0 cm³/mol. The predicted octanol–water partition coefficient (Wildman–Crippen LogP) is 5.29. The van der Waals surface area contributed by atoms with Crippen molar-refractivity contribution in [3.05, 3.63) is 83.6 Å². The lowest BCUT2D eigenvalue weighted by Gasteiger charge is -1.99. The lowest BCUT2D eigenvalue weighted by Crippen LogP contribution is -1.83. The number of nitriles is 1. The molecule has 0 saturated heterocycles. The molecule has 2 aromatic carbocycles. The third-order valence-electron chi connectivity index (χ3n) is 3.30. The van der Waals surface area contributed by atoms with Crippen LogP contribution in [0, 0.1) is 23.0 Å². The average Bonchev–Trinajstić information content (AvgIpc) is 3.02. The van der Waals surface area contributed by atoms with E-state index in [1.807, 2.05) is 6.07 Å². The highest BCUT2D eigenvalue weighted by Crippen LogP contribution is 2.25. The van der Waals surface area contributed by atoms with Crippen molar-refractivity contribution in [2.75, 3.05) is 0 Å². The first-order chi connectivity index (χ1) is 11.2. The Morgan fingerprint density at radius 2 is 1.74 bits per heavy atom. The van der Waals surface area contributed by atoms with Gasteiger partial charge in [0.05, 0.1) is 11.6 Å². The van der Waals surface area contributed by atoms with Gasteiger partial charge in [0, 0.05) is 5.56 Å². The van der Waals surface area contributed by atoms with Crippen LogP contribution in [0.25, 0.3) is 23.0 Å². The minimum Gasteiger partial charge on any atom is -0.457 e. The highest BCUT2D eigenvalue weighted by atomic mass is 19.1. The monoisotopic (exact) mass is 307 g/mol. The number of hydrogen-bond acceptors (Lipinski definition) is 2. The smallest absolute Gasteiger partial charge is 0.134 e. The fraction of sp³-hybridized carbons (Fsp3) is 0. The molecule has 0 atom stereocenters. The number of rotatable bonds is 3. The van der Waals surface area contributed by atoms with Gasteiger partial charge in [-0.2, -0.15) is 5.26 Å². The molecular weight excluding hydrogens is 296 g/mol. The number of hydrogen-bond donors (Lipinski definition) is 0. The van der Waals surface area contributed by atoms with Crippen LogP contribution in [0.4, 0.5) is 8.78 Å². The highest BCUT2D eigenvalue weighted by Gasteiger charge is 2.07. The summed E-state index contributed by atoms with van der Waals surface area (Å²) < 4.78 is 31.9. The second-order valence-electron chi connectivity index (χ2n) is 4.89. The quantitative estimate of drug-likeness (QED) is 0.616. The van der Waals surface area contributed by atoms with Crippen molar-refractivity contribution in [2.45, 2.75) is 0 Å². The van der Waals surface area contributed by atoms with E-state index in [4.69, 9.17) is 4.42 Å². The van der Waals surface area contributed by atoms with Crippen LogP contribution in [0.1, 0.15) is 11.3 Å². The minimum absolute atomic E-state index is 0.296. The molecule has 0 spiro atoms. The van der Waals surface area contributed by atoms with Crippen molar-refractivity contribution >= 4 is 11.6 Å². The molecule has 112 valence electrons. The Kier molecular flexibility index (Phi) is 4.03. The number of halogens is 2. The van der Waals surface area contributed by atoms with Crippen LogP contribution in [0.2, 0.25) is 0 Å². The van der Waals surface area contributed by atoms with Crippen molar-refractivity contribution in [1.82, 2.24) is 0 Å². The van der Waals surface area contributed by atoms with Crippen molar-refractivity contribution in [3.8, 4) is 17.4 Å². The summed E-state index contributed by atoms with van der Waals surface area (Å²) in [5.74, 6) is 0.298. The van der Waals surface area contributed by atoms with Gasteiger partial charge in [0.15, 0.2) is 0 Å². The van der Waals surface area contributed by atoms with E-state index in [0.29, 0.717) is 22.7 Å². The van der Waals surface area contributed by atoms with Gasteiger partial charge in [-0.25, -0.2) is 8.78 Å². The number of benzene rings is 2. The zero-order valence-electron chi connectivity index (χ0n) is 12.0. The Balaban J connectivity index is 1.93. The topological polar surface area (TPSA) is 36.9 Å². The molecule has 1 heterocycles. The summed E-state index contributed by atoms with van der Waals surface area (Å²) in [6.07, 6.45) is 1.54. The summed E-state index contributed by atoms with van der Waals surface area (Å²) in [6.45, 7) is 0. The van der Waals surface area contributed by atoms with Gasteiger partial charge in [-0.05, 0) is 60.2 Å². The summed E-state index contributed by atoms with van der Waals surface area (Å²) in [6, 6.07) is 17.2. The molecule has 0 bridgehead atoms. The third kappa shape index (κ3) is 3.35. The van der Waals surface area contributed by atoms with E-state index in [1.54, 1.807) is 42.5 Å². The SMILES string of the molecule is N#C/C(=C/c1ccc(-c2ccc(F)cc2)o1)c1cccc(F)c1. The first kappa shape index (κ1) is 14.7. The van der Waals surface area contributed by atoms with Gasteiger partial charge in [0.1, 0.15) is 23.2 Å². The normalized spacial score (nSPS) is 11.3. The van der Waals surface area contributed by atoms with E-state index in [-0.39, 0.29) is 5.82 Å². The van der Waals surface area contributed by atoms with Crippen LogP contribution in [0.15, 0.2) is 65.1 Å². The Hall–Kier alpha value is -3.19. The Morgan fingerprint density at radius 1 is 0.957 bits per heavy atom. The molecule has 0 aliphatic rings. The van der Waals surface area contributed by atoms with Gasteiger partial charge >= 0.3 is 0 Å². The molecule has 0 amide bonds. The van der Waals surface area contributed by atoms with E-state index < -0.39 is 5.82 Å². The van der Waals surface area contributed by atoms with Crippen LogP contribution < -0.4 is 0 Å². The second-order valence-corrected chi connectivity index (χ2v) is 4.89. The van der Waals surface area contributed by atoms with E-state index in [9.17, 15) is 14.0 Å². The van der Waals surface area contributed by atoms with Crippen molar-refractivity contribution in [2.24, 2.45) is 0 Å². The molecule has 0 radical (unpaired) electrons. The zero-order chi connectivity index (χ0) is 16.2. The Labute approximate surface area is 131 Å². The maximum Gasteiger partial charge on any atom is 0.134 e. The molecule has 2 nitrogen and oxygen atoms in total. The third-order valence-corrected chi connectivity index (χ3v) is 3.30. The molecule has 0 unspecified atom stereocenters. The lowest BCUT2D eigenvalue weighted by molar-refractivity contribution is 0.571. The molecular formula is C19H11F2NO. The van der Waals surface area contributed by atoms with Crippen molar-refractivity contribution in [3.63, 3.8) is 0 Å². The van der Waals surface area contributed by atoms with Crippen LogP contribution in [0.5, 0.6) is 0 Å². The average molecular weight is 307 g/mol. The number of furan rings is 1. The maximum atomic E-state index is 13.3. The molecule has 0 aliphatic carbocycles. The highest BCUT2D eigenvalue weighted by molar-refractivity contribution is 5.88.